The van der Waals surface area contributed by atoms with Crippen LogP contribution in [0.4, 0.5) is 0 Å². The largest absolute Gasteiger partial charge is 4.00 e. The zero-order valence-electron chi connectivity index (χ0n) is 2.04. The van der Waals surface area contributed by atoms with Crippen LogP contribution in [0.2, 0.25) is 0 Å². The number of hydrogen-bond donors (Lipinski definition) is 0. The molecule has 0 aromatic rings. The zero-order chi connectivity index (χ0) is 0. The van der Waals surface area contributed by atoms with Gasteiger partial charge in [-0.05, 0) is 0 Å². The molecule has 32 valence electrons. The quantitative estimate of drug-likeness (QED) is 0.476. The topological polar surface area (TPSA) is 85.5 Å². The van der Waals surface area contributed by atoms with Crippen molar-refractivity contribution in [3.05, 3.63) is 0 Å². The molecule has 0 aliphatic heterocycles. The van der Waals surface area contributed by atoms with Crippen molar-refractivity contribution in [1.82, 2.24) is 0 Å². The Morgan fingerprint density at radius 2 is 0.600 bits per heavy atom. The van der Waals surface area contributed by atoms with Gasteiger partial charge in [0, 0.05) is 0 Å². The Morgan fingerprint density at radius 3 is 0.600 bits per heavy atom. The molecule has 5 heavy (non-hydrogen) atoms. The van der Waals surface area contributed by atoms with E-state index in [0.29, 0.717) is 0 Å². The van der Waals surface area contributed by atoms with E-state index >= 15 is 0 Å². The first-order valence-corrected chi connectivity index (χ1v) is 0. The summed E-state index contributed by atoms with van der Waals surface area (Å²) in [5.41, 5.74) is 0. The summed E-state index contributed by atoms with van der Waals surface area (Å²) in [4.78, 5) is 0. The Morgan fingerprint density at radius 1 is 0.600 bits per heavy atom. The predicted octanol–water partition coefficient (Wildman–Crippen LogP) is -0.361. The van der Waals surface area contributed by atoms with Gasteiger partial charge in [-0.2, -0.15) is 0 Å². The summed E-state index contributed by atoms with van der Waals surface area (Å²) in [6, 6.07) is 0. The van der Waals surface area contributed by atoms with E-state index in [1.165, 1.54) is 0 Å². The monoisotopic (exact) mass is 196 g/mol. The molecule has 0 radical (unpaired) electrons. The van der Waals surface area contributed by atoms with Crippen LogP contribution in [0.1, 0.15) is 0 Å². The second-order valence-electron chi connectivity index (χ2n) is 0. The molecule has 0 bridgehead atoms. The molecule has 0 aromatic carbocycles. The van der Waals surface area contributed by atoms with E-state index in [4.69, 9.17) is 0 Å². The minimum Gasteiger partial charge on any atom is -2.00 e. The van der Waals surface area contributed by atoms with Gasteiger partial charge in [-0.15, -0.1) is 0 Å². The Bertz CT molecular complexity index is 6.85. The van der Waals surface area contributed by atoms with E-state index in [1.807, 2.05) is 0 Å². The summed E-state index contributed by atoms with van der Waals surface area (Å²) in [6.45, 7) is 0. The van der Waals surface area contributed by atoms with Crippen molar-refractivity contribution >= 4 is 0 Å². The van der Waals surface area contributed by atoms with Crippen LogP contribution in [-0.4, -0.2) is 0 Å². The second kappa shape index (κ2) is 60.3. The molecule has 3 nitrogen and oxygen atoms in total. The molecule has 0 heterocycles. The molecule has 0 saturated carbocycles. The van der Waals surface area contributed by atoms with E-state index in [2.05, 4.69) is 0 Å². The molecule has 0 fully saturated rings. The summed E-state index contributed by atoms with van der Waals surface area (Å²) in [5.74, 6) is 0. The van der Waals surface area contributed by atoms with E-state index in [9.17, 15) is 0 Å². The Balaban J connectivity index is 0. The molecule has 0 N–H and O–H groups in total. The normalized spacial score (nSPS) is 0. The fourth-order valence-corrected chi connectivity index (χ4v) is 0. The first-order chi connectivity index (χ1) is 0. The van der Waals surface area contributed by atoms with Crippen LogP contribution in [0.5, 0.6) is 0 Å². The van der Waals surface area contributed by atoms with Crippen LogP contribution in [0.3, 0.4) is 0 Å². The maximum atomic E-state index is 0. The molecule has 0 spiro atoms. The summed E-state index contributed by atoms with van der Waals surface area (Å²) >= 11 is 0. The Kier molecular flexibility index (Phi) is 1320. The van der Waals surface area contributed by atoms with Crippen molar-refractivity contribution in [3.63, 3.8) is 0 Å². The molecular weight excluding hydrogens is 198 g/mol. The number of hydrogen-bond acceptors (Lipinski definition) is 0. The standard InChI is InChI=1S/Ni.3O.Zr/q+2;3*-2;+4. The minimum absolute atomic E-state index is 0. The molecule has 0 aliphatic rings. The molecule has 0 unspecified atom stereocenters. The molecule has 0 saturated heterocycles. The van der Waals surface area contributed by atoms with Gasteiger partial charge in [0.1, 0.15) is 0 Å². The summed E-state index contributed by atoms with van der Waals surface area (Å²) in [5, 5.41) is 0. The fraction of sp³-hybridized carbons (Fsp3) is 0. The summed E-state index contributed by atoms with van der Waals surface area (Å²) in [7, 11) is 0. The van der Waals surface area contributed by atoms with Gasteiger partial charge in [-0.1, -0.05) is 0 Å². The SMILES string of the molecule is [Ni+2].[O-2].[O-2].[O-2].[Zr+4]. The Labute approximate surface area is 59.1 Å². The predicted molar refractivity (Wildman–Crippen MR) is 2.06 cm³/mol. The third-order valence-corrected chi connectivity index (χ3v) is 0. The van der Waals surface area contributed by atoms with Crippen molar-refractivity contribution in [2.45, 2.75) is 0 Å². The smallest absolute Gasteiger partial charge is 2.00 e. The summed E-state index contributed by atoms with van der Waals surface area (Å²) in [6.07, 6.45) is 0. The van der Waals surface area contributed by atoms with Gasteiger partial charge >= 0.3 is 42.7 Å². The van der Waals surface area contributed by atoms with Gasteiger partial charge in [0.15, 0.2) is 0 Å². The van der Waals surface area contributed by atoms with Gasteiger partial charge in [0.05, 0.1) is 0 Å². The second-order valence-corrected chi connectivity index (χ2v) is 0. The Hall–Kier alpha value is 1.26. The van der Waals surface area contributed by atoms with Crippen molar-refractivity contribution in [2.24, 2.45) is 0 Å². The molecule has 0 aliphatic carbocycles. The van der Waals surface area contributed by atoms with Crippen LogP contribution >= 0.6 is 0 Å². The van der Waals surface area contributed by atoms with E-state index in [0.717, 1.165) is 0 Å². The average molecular weight is 198 g/mol. The molecule has 5 heteroatoms. The first-order valence-electron chi connectivity index (χ1n) is 0. The van der Waals surface area contributed by atoms with Crippen molar-refractivity contribution in [1.29, 1.82) is 0 Å². The van der Waals surface area contributed by atoms with Gasteiger partial charge in [-0.3, -0.25) is 0 Å². The first kappa shape index (κ1) is 109. The van der Waals surface area contributed by atoms with Crippen molar-refractivity contribution < 1.29 is 59.1 Å². The van der Waals surface area contributed by atoms with Gasteiger partial charge in [0.2, 0.25) is 0 Å². The van der Waals surface area contributed by atoms with Crippen LogP contribution in [0.15, 0.2) is 0 Å². The summed E-state index contributed by atoms with van der Waals surface area (Å²) < 4.78 is 0. The van der Waals surface area contributed by atoms with Crippen LogP contribution in [0.25, 0.3) is 0 Å². The van der Waals surface area contributed by atoms with Gasteiger partial charge in [-0.25, -0.2) is 0 Å². The number of rotatable bonds is 0. The molecule has 0 amide bonds. The van der Waals surface area contributed by atoms with Crippen molar-refractivity contribution in [3.8, 4) is 0 Å². The molecule has 0 atom stereocenters. The van der Waals surface area contributed by atoms with E-state index < -0.39 is 0 Å². The minimum atomic E-state index is 0. The van der Waals surface area contributed by atoms with Gasteiger partial charge in [0.25, 0.3) is 0 Å². The fourth-order valence-electron chi connectivity index (χ4n) is 0. The third-order valence-electron chi connectivity index (χ3n) is 0. The average Bonchev–Trinajstić information content (AvgIpc) is 0. The zero-order valence-corrected chi connectivity index (χ0v) is 5.49. The van der Waals surface area contributed by atoms with E-state index in [1.54, 1.807) is 0 Å². The molecule has 0 rings (SSSR count). The third kappa shape index (κ3) is 35.3. The van der Waals surface area contributed by atoms with Crippen LogP contribution in [0, 0.1) is 0 Å². The maximum absolute atomic E-state index is 0. The molecular formula is NiO3Zr. The van der Waals surface area contributed by atoms with Crippen molar-refractivity contribution in [2.75, 3.05) is 0 Å². The van der Waals surface area contributed by atoms with E-state index in [-0.39, 0.29) is 59.1 Å². The van der Waals surface area contributed by atoms with Crippen LogP contribution < -0.4 is 0 Å². The maximum Gasteiger partial charge on any atom is 4.00 e. The van der Waals surface area contributed by atoms with Crippen LogP contribution in [-0.2, 0) is 59.1 Å². The van der Waals surface area contributed by atoms with Gasteiger partial charge < -0.3 is 16.4 Å². The molecule has 0 aromatic heterocycles.